The Balaban J connectivity index is 1.15. The molecule has 0 radical (unpaired) electrons. The van der Waals surface area contributed by atoms with Crippen molar-refractivity contribution >= 4 is 87.0 Å². The van der Waals surface area contributed by atoms with Gasteiger partial charge < -0.3 is 8.83 Å². The van der Waals surface area contributed by atoms with Gasteiger partial charge >= 0.3 is 0 Å². The minimum absolute atomic E-state index is 0.900. The fourth-order valence-electron chi connectivity index (χ4n) is 9.87. The third kappa shape index (κ3) is 4.95. The summed E-state index contributed by atoms with van der Waals surface area (Å²) in [6, 6.07) is 75.0. The molecule has 0 amide bonds. The number of fused-ring (bicyclic) bond motifs is 10. The number of hydrogen-bond donors (Lipinski definition) is 0. The van der Waals surface area contributed by atoms with Crippen LogP contribution in [0.3, 0.4) is 0 Å². The zero-order valence-corrected chi connectivity index (χ0v) is 32.4. The van der Waals surface area contributed by atoms with Gasteiger partial charge in [0.2, 0.25) is 0 Å². The van der Waals surface area contributed by atoms with Crippen molar-refractivity contribution in [3.8, 4) is 44.5 Å². The van der Waals surface area contributed by atoms with Gasteiger partial charge in [0, 0.05) is 21.5 Å². The molecule has 0 unspecified atom stereocenters. The van der Waals surface area contributed by atoms with Gasteiger partial charge in [-0.15, -0.1) is 0 Å². The number of rotatable bonds is 4. The van der Waals surface area contributed by atoms with Crippen LogP contribution in [0.15, 0.2) is 215 Å². The molecule has 11 aromatic carbocycles. The van der Waals surface area contributed by atoms with Crippen LogP contribution in [0, 0.1) is 0 Å². The van der Waals surface area contributed by atoms with Crippen LogP contribution in [0.25, 0.3) is 131 Å². The second-order valence-corrected chi connectivity index (χ2v) is 15.9. The average Bonchev–Trinajstić information content (AvgIpc) is 3.88. The van der Waals surface area contributed by atoms with E-state index in [1.807, 2.05) is 24.3 Å². The van der Waals surface area contributed by atoms with Crippen LogP contribution < -0.4 is 0 Å². The minimum Gasteiger partial charge on any atom is -0.456 e. The molecule has 278 valence electrons. The van der Waals surface area contributed by atoms with Crippen LogP contribution in [0.5, 0.6) is 0 Å². The first kappa shape index (κ1) is 33.1. The van der Waals surface area contributed by atoms with E-state index in [-0.39, 0.29) is 0 Å². The standard InChI is InChI=1S/C58H34O2/c1-3-15-41-35(11-1)13-9-19-45(41)57-47-27-23-38(40-26-30-56-50(32-40)44-18-6-8-22-54(44)60-56)34-52(47)58(46-20-10-14-36-12-2-4-16-42(36)46)48-28-24-37(33-51(48)57)39-25-29-55-49(31-39)43-17-5-7-21-53(43)59-55/h1-34H. The highest BCUT2D eigenvalue weighted by Gasteiger charge is 2.21. The third-order valence-electron chi connectivity index (χ3n) is 12.7. The highest BCUT2D eigenvalue weighted by Crippen LogP contribution is 2.49. The summed E-state index contributed by atoms with van der Waals surface area (Å²) in [4.78, 5) is 0. The van der Waals surface area contributed by atoms with Crippen molar-refractivity contribution in [2.75, 3.05) is 0 Å². The molecular formula is C58H34O2. The van der Waals surface area contributed by atoms with Gasteiger partial charge in [0.1, 0.15) is 22.3 Å². The molecule has 2 heterocycles. The lowest BCUT2D eigenvalue weighted by atomic mass is 9.82. The number of para-hydroxylation sites is 2. The van der Waals surface area contributed by atoms with E-state index in [1.54, 1.807) is 0 Å². The lowest BCUT2D eigenvalue weighted by Gasteiger charge is -2.21. The number of benzene rings is 11. The predicted octanol–water partition coefficient (Wildman–Crippen LogP) is 16.8. The van der Waals surface area contributed by atoms with E-state index in [9.17, 15) is 0 Å². The zero-order chi connectivity index (χ0) is 39.3. The Labute approximate surface area is 345 Å². The molecule has 0 aliphatic carbocycles. The molecule has 0 fully saturated rings. The topological polar surface area (TPSA) is 26.3 Å². The van der Waals surface area contributed by atoms with Gasteiger partial charge in [0.25, 0.3) is 0 Å². The quantitative estimate of drug-likeness (QED) is 0.167. The molecule has 0 spiro atoms. The summed E-state index contributed by atoms with van der Waals surface area (Å²) in [5, 5.41) is 14.3. The molecule has 0 aliphatic rings. The fraction of sp³-hybridized carbons (Fsp3) is 0. The first-order chi connectivity index (χ1) is 29.7. The SMILES string of the molecule is c1ccc2c(-c3c4ccc(-c5ccc6oc7ccccc7c6c5)cc4c(-c4cccc5ccccc45)c4ccc(-c5ccc6oc7ccccc7c6c5)cc34)cccc2c1. The summed E-state index contributed by atoms with van der Waals surface area (Å²) >= 11 is 0. The van der Waals surface area contributed by atoms with Gasteiger partial charge in [-0.1, -0.05) is 158 Å². The molecule has 13 rings (SSSR count). The molecule has 13 aromatic rings. The van der Waals surface area contributed by atoms with E-state index >= 15 is 0 Å². The van der Waals surface area contributed by atoms with Crippen molar-refractivity contribution in [1.82, 2.24) is 0 Å². The van der Waals surface area contributed by atoms with Gasteiger partial charge in [0.05, 0.1) is 0 Å². The van der Waals surface area contributed by atoms with E-state index in [0.717, 1.165) is 66.1 Å². The summed E-state index contributed by atoms with van der Waals surface area (Å²) in [7, 11) is 0. The summed E-state index contributed by atoms with van der Waals surface area (Å²) in [6.07, 6.45) is 0. The second-order valence-electron chi connectivity index (χ2n) is 15.9. The van der Waals surface area contributed by atoms with Gasteiger partial charge in [-0.3, -0.25) is 0 Å². The van der Waals surface area contributed by atoms with Crippen molar-refractivity contribution in [1.29, 1.82) is 0 Å². The second kappa shape index (κ2) is 12.8. The monoisotopic (exact) mass is 762 g/mol. The largest absolute Gasteiger partial charge is 0.456 e. The van der Waals surface area contributed by atoms with E-state index in [0.29, 0.717) is 0 Å². The Hall–Kier alpha value is -7.94. The lowest BCUT2D eigenvalue weighted by Crippen LogP contribution is -1.94. The van der Waals surface area contributed by atoms with Crippen LogP contribution in [-0.4, -0.2) is 0 Å². The lowest BCUT2D eigenvalue weighted by molar-refractivity contribution is 0.668. The van der Waals surface area contributed by atoms with Gasteiger partial charge in [0.15, 0.2) is 0 Å². The van der Waals surface area contributed by atoms with Crippen LogP contribution in [-0.2, 0) is 0 Å². The molecule has 2 nitrogen and oxygen atoms in total. The summed E-state index contributed by atoms with van der Waals surface area (Å²) in [5.74, 6) is 0. The maximum Gasteiger partial charge on any atom is 0.135 e. The van der Waals surface area contributed by atoms with Crippen molar-refractivity contribution in [2.24, 2.45) is 0 Å². The summed E-state index contributed by atoms with van der Waals surface area (Å²) in [5.41, 5.74) is 13.2. The van der Waals surface area contributed by atoms with Crippen molar-refractivity contribution in [2.45, 2.75) is 0 Å². The Bertz CT molecular complexity index is 3630. The average molecular weight is 763 g/mol. The summed E-state index contributed by atoms with van der Waals surface area (Å²) < 4.78 is 12.5. The Morgan fingerprint density at radius 2 is 0.567 bits per heavy atom. The molecule has 2 aromatic heterocycles. The van der Waals surface area contributed by atoms with Gasteiger partial charge in [-0.05, 0) is 136 Å². The third-order valence-corrected chi connectivity index (χ3v) is 12.7. The number of furan rings is 2. The Morgan fingerprint density at radius 3 is 1.03 bits per heavy atom. The fourth-order valence-corrected chi connectivity index (χ4v) is 9.87. The van der Waals surface area contributed by atoms with Crippen molar-refractivity contribution < 1.29 is 8.83 Å². The zero-order valence-electron chi connectivity index (χ0n) is 32.4. The first-order valence-corrected chi connectivity index (χ1v) is 20.6. The predicted molar refractivity (Wildman–Crippen MR) is 253 cm³/mol. The highest BCUT2D eigenvalue weighted by molar-refractivity contribution is 6.26. The van der Waals surface area contributed by atoms with Gasteiger partial charge in [-0.25, -0.2) is 0 Å². The Morgan fingerprint density at radius 1 is 0.217 bits per heavy atom. The minimum atomic E-state index is 0.900. The van der Waals surface area contributed by atoms with Crippen LogP contribution in [0.4, 0.5) is 0 Å². The van der Waals surface area contributed by atoms with Crippen LogP contribution >= 0.6 is 0 Å². The van der Waals surface area contributed by atoms with Gasteiger partial charge in [-0.2, -0.15) is 0 Å². The molecule has 2 heteroatoms. The smallest absolute Gasteiger partial charge is 0.135 e. The highest BCUT2D eigenvalue weighted by atomic mass is 16.3. The Kier molecular flexibility index (Phi) is 7.05. The van der Waals surface area contributed by atoms with E-state index < -0.39 is 0 Å². The maximum atomic E-state index is 6.25. The molecule has 0 atom stereocenters. The molecule has 0 bridgehead atoms. The maximum absolute atomic E-state index is 6.25. The molecule has 60 heavy (non-hydrogen) atoms. The summed E-state index contributed by atoms with van der Waals surface area (Å²) in [6.45, 7) is 0. The molecule has 0 aliphatic heterocycles. The van der Waals surface area contributed by atoms with Crippen LogP contribution in [0.1, 0.15) is 0 Å². The van der Waals surface area contributed by atoms with E-state index in [4.69, 9.17) is 8.83 Å². The first-order valence-electron chi connectivity index (χ1n) is 20.6. The van der Waals surface area contributed by atoms with Crippen molar-refractivity contribution in [3.63, 3.8) is 0 Å². The van der Waals surface area contributed by atoms with Crippen LogP contribution in [0.2, 0.25) is 0 Å². The normalized spacial score (nSPS) is 12.0. The number of hydrogen-bond acceptors (Lipinski definition) is 2. The van der Waals surface area contributed by atoms with E-state index in [1.165, 1.54) is 65.3 Å². The van der Waals surface area contributed by atoms with E-state index in [2.05, 4.69) is 182 Å². The molecule has 0 N–H and O–H groups in total. The molecule has 0 saturated carbocycles. The molecule has 0 saturated heterocycles. The molecular weight excluding hydrogens is 729 g/mol. The van der Waals surface area contributed by atoms with Crippen molar-refractivity contribution in [3.05, 3.63) is 206 Å².